The lowest BCUT2D eigenvalue weighted by Gasteiger charge is -2.30. The van der Waals surface area contributed by atoms with Crippen molar-refractivity contribution in [2.24, 2.45) is 11.0 Å². The van der Waals surface area contributed by atoms with Crippen LogP contribution in [-0.2, 0) is 9.59 Å². The first-order valence-electron chi connectivity index (χ1n) is 7.91. The highest BCUT2D eigenvalue weighted by Gasteiger charge is 2.38. The largest absolute Gasteiger partial charge is 0.301 e. The van der Waals surface area contributed by atoms with Gasteiger partial charge < -0.3 is 5.32 Å². The van der Waals surface area contributed by atoms with E-state index in [0.29, 0.717) is 10.7 Å². The Balaban J connectivity index is 1.75. The van der Waals surface area contributed by atoms with Crippen LogP contribution < -0.4 is 15.6 Å². The predicted molar refractivity (Wildman–Crippen MR) is 111 cm³/mol. The minimum atomic E-state index is -1.26. The third-order valence-corrected chi connectivity index (χ3v) is 4.61. The lowest BCUT2D eigenvalue weighted by Crippen LogP contribution is -2.58. The summed E-state index contributed by atoms with van der Waals surface area (Å²) >= 11 is 16.9. The summed E-state index contributed by atoms with van der Waals surface area (Å²) in [5, 5.41) is 6.67. The zero-order chi connectivity index (χ0) is 20.3. The SMILES string of the molecule is O=C(N/N=C/C1C(=O)NC(=S)N(c2ccccc2)C1=O)c1ccc(Cl)cc1Cl. The molecule has 1 aliphatic rings. The van der Waals surface area contributed by atoms with Crippen molar-refractivity contribution in [1.29, 1.82) is 0 Å². The van der Waals surface area contributed by atoms with Gasteiger partial charge in [0.15, 0.2) is 11.0 Å². The number of rotatable bonds is 4. The van der Waals surface area contributed by atoms with Crippen LogP contribution >= 0.6 is 35.4 Å². The van der Waals surface area contributed by atoms with Gasteiger partial charge in [0.25, 0.3) is 11.8 Å². The third-order valence-electron chi connectivity index (χ3n) is 3.78. The van der Waals surface area contributed by atoms with Gasteiger partial charge >= 0.3 is 0 Å². The van der Waals surface area contributed by atoms with Crippen LogP contribution in [0.25, 0.3) is 0 Å². The molecule has 1 heterocycles. The highest BCUT2D eigenvalue weighted by molar-refractivity contribution is 7.80. The van der Waals surface area contributed by atoms with Crippen molar-refractivity contribution in [2.75, 3.05) is 4.90 Å². The summed E-state index contributed by atoms with van der Waals surface area (Å²) in [5.41, 5.74) is 2.89. The monoisotopic (exact) mass is 434 g/mol. The molecule has 3 amide bonds. The average molecular weight is 435 g/mol. The second kappa shape index (κ2) is 8.47. The highest BCUT2D eigenvalue weighted by atomic mass is 35.5. The van der Waals surface area contributed by atoms with Gasteiger partial charge in [-0.1, -0.05) is 41.4 Å². The Morgan fingerprint density at radius 2 is 1.89 bits per heavy atom. The molecule has 1 saturated heterocycles. The quantitative estimate of drug-likeness (QED) is 0.335. The van der Waals surface area contributed by atoms with E-state index in [1.54, 1.807) is 30.3 Å². The minimum Gasteiger partial charge on any atom is -0.301 e. The van der Waals surface area contributed by atoms with Crippen LogP contribution in [0.2, 0.25) is 10.0 Å². The lowest BCUT2D eigenvalue weighted by molar-refractivity contribution is -0.130. The molecule has 2 aromatic carbocycles. The number of thiocarbonyl (C=S) groups is 1. The molecule has 0 bridgehead atoms. The fourth-order valence-corrected chi connectivity index (χ4v) is 3.24. The average Bonchev–Trinajstić information content (AvgIpc) is 2.65. The Labute approximate surface area is 175 Å². The maximum atomic E-state index is 12.7. The number of para-hydroxylation sites is 1. The van der Waals surface area contributed by atoms with Crippen LogP contribution in [0, 0.1) is 5.92 Å². The van der Waals surface area contributed by atoms with Gasteiger partial charge in [-0.2, -0.15) is 5.10 Å². The molecule has 7 nitrogen and oxygen atoms in total. The summed E-state index contributed by atoms with van der Waals surface area (Å²) in [5.74, 6) is -3.09. The van der Waals surface area contributed by atoms with Gasteiger partial charge in [-0.15, -0.1) is 0 Å². The molecule has 0 spiro atoms. The first kappa shape index (κ1) is 19.9. The Bertz CT molecular complexity index is 998. The Kier molecular flexibility index (Phi) is 6.03. The smallest absolute Gasteiger partial charge is 0.272 e. The Hall–Kier alpha value is -2.81. The number of carbonyl (C=O) groups excluding carboxylic acids is 3. The fraction of sp³-hybridized carbons (Fsp3) is 0.0556. The normalized spacial score (nSPS) is 17.0. The zero-order valence-corrected chi connectivity index (χ0v) is 16.4. The highest BCUT2D eigenvalue weighted by Crippen LogP contribution is 2.21. The number of nitrogens with zero attached hydrogens (tertiary/aromatic N) is 2. The van der Waals surface area contributed by atoms with Crippen molar-refractivity contribution in [2.45, 2.75) is 0 Å². The van der Waals surface area contributed by atoms with Crippen LogP contribution in [0.4, 0.5) is 5.69 Å². The van der Waals surface area contributed by atoms with E-state index in [1.807, 2.05) is 0 Å². The maximum Gasteiger partial charge on any atom is 0.272 e. The first-order valence-corrected chi connectivity index (χ1v) is 9.07. The number of carbonyl (C=O) groups is 3. The number of anilines is 1. The van der Waals surface area contributed by atoms with Gasteiger partial charge in [0.05, 0.1) is 16.3 Å². The molecule has 3 rings (SSSR count). The molecule has 1 unspecified atom stereocenters. The molecule has 1 atom stereocenters. The molecule has 10 heteroatoms. The molecule has 2 N–H and O–H groups in total. The van der Waals surface area contributed by atoms with E-state index in [0.717, 1.165) is 6.21 Å². The van der Waals surface area contributed by atoms with Gasteiger partial charge in [0.2, 0.25) is 5.91 Å². The first-order chi connectivity index (χ1) is 13.4. The minimum absolute atomic E-state index is 0.0252. The molecule has 0 aromatic heterocycles. The second-order valence-electron chi connectivity index (χ2n) is 5.62. The molecule has 0 aliphatic carbocycles. The summed E-state index contributed by atoms with van der Waals surface area (Å²) in [7, 11) is 0. The van der Waals surface area contributed by atoms with Gasteiger partial charge in [-0.05, 0) is 42.5 Å². The molecule has 28 heavy (non-hydrogen) atoms. The second-order valence-corrected chi connectivity index (χ2v) is 6.85. The standard InChI is InChI=1S/C18H12Cl2N4O3S/c19-10-6-7-12(14(20)8-10)16(26)23-21-9-13-15(25)22-18(28)24(17(13)27)11-4-2-1-3-5-11/h1-9,13H,(H,23,26)(H,22,25,28)/b21-9+. The predicted octanol–water partition coefficient (Wildman–Crippen LogP) is 2.77. The molecule has 1 aliphatic heterocycles. The molecule has 142 valence electrons. The van der Waals surface area contributed by atoms with Crippen molar-refractivity contribution in [1.82, 2.24) is 10.7 Å². The van der Waals surface area contributed by atoms with Gasteiger partial charge in [0.1, 0.15) is 0 Å². The van der Waals surface area contributed by atoms with E-state index in [1.165, 1.54) is 23.1 Å². The van der Waals surface area contributed by atoms with Crippen molar-refractivity contribution in [3.05, 3.63) is 64.1 Å². The van der Waals surface area contributed by atoms with E-state index >= 15 is 0 Å². The number of halogens is 2. The maximum absolute atomic E-state index is 12.7. The number of hydrogen-bond acceptors (Lipinski definition) is 5. The van der Waals surface area contributed by atoms with E-state index in [2.05, 4.69) is 15.8 Å². The van der Waals surface area contributed by atoms with Crippen LogP contribution in [0.5, 0.6) is 0 Å². The van der Waals surface area contributed by atoms with Crippen LogP contribution in [0.1, 0.15) is 10.4 Å². The summed E-state index contributed by atoms with van der Waals surface area (Å²) < 4.78 is 0. The van der Waals surface area contributed by atoms with Gasteiger partial charge in [-0.3, -0.25) is 19.3 Å². The van der Waals surface area contributed by atoms with E-state index in [9.17, 15) is 14.4 Å². The number of hydrogen-bond donors (Lipinski definition) is 2. The summed E-state index contributed by atoms with van der Waals surface area (Å²) in [6.07, 6.45) is 1.04. The van der Waals surface area contributed by atoms with E-state index in [-0.39, 0.29) is 15.7 Å². The number of amides is 3. The molecule has 1 fully saturated rings. The number of nitrogens with one attached hydrogen (secondary N) is 2. The fourth-order valence-electron chi connectivity index (χ4n) is 2.45. The van der Waals surface area contributed by atoms with Crippen molar-refractivity contribution >= 4 is 70.2 Å². The van der Waals surface area contributed by atoms with E-state index < -0.39 is 23.6 Å². The van der Waals surface area contributed by atoms with Crippen LogP contribution in [0.15, 0.2) is 53.6 Å². The number of hydrazone groups is 1. The molecule has 0 saturated carbocycles. The zero-order valence-electron chi connectivity index (χ0n) is 14.1. The molecular formula is C18H12Cl2N4O3S. The van der Waals surface area contributed by atoms with Crippen molar-refractivity contribution in [3.63, 3.8) is 0 Å². The summed E-state index contributed by atoms with van der Waals surface area (Å²) in [6, 6.07) is 13.0. The summed E-state index contributed by atoms with van der Waals surface area (Å²) in [4.78, 5) is 38.2. The number of benzene rings is 2. The van der Waals surface area contributed by atoms with E-state index in [4.69, 9.17) is 35.4 Å². The topological polar surface area (TPSA) is 90.9 Å². The lowest BCUT2D eigenvalue weighted by atomic mass is 10.1. The summed E-state index contributed by atoms with van der Waals surface area (Å²) in [6.45, 7) is 0. The van der Waals surface area contributed by atoms with Crippen molar-refractivity contribution in [3.8, 4) is 0 Å². The Morgan fingerprint density at radius 1 is 1.18 bits per heavy atom. The van der Waals surface area contributed by atoms with Crippen LogP contribution in [0.3, 0.4) is 0 Å². The molecule has 0 radical (unpaired) electrons. The van der Waals surface area contributed by atoms with Crippen LogP contribution in [-0.4, -0.2) is 29.0 Å². The Morgan fingerprint density at radius 3 is 2.57 bits per heavy atom. The third kappa shape index (κ3) is 4.19. The van der Waals surface area contributed by atoms with Crippen molar-refractivity contribution < 1.29 is 14.4 Å². The molecular weight excluding hydrogens is 423 g/mol. The van der Waals surface area contributed by atoms with Gasteiger partial charge in [0, 0.05) is 11.2 Å². The molecule has 2 aromatic rings. The van der Waals surface area contributed by atoms with Gasteiger partial charge in [-0.25, -0.2) is 5.43 Å².